The zero-order valence-electron chi connectivity index (χ0n) is 11.9. The molecule has 1 amide bonds. The molecule has 0 heterocycles. The van der Waals surface area contributed by atoms with Crippen LogP contribution in [0.4, 0.5) is 5.69 Å². The van der Waals surface area contributed by atoms with Crippen LogP contribution in [0.1, 0.15) is 34.5 Å². The van der Waals surface area contributed by atoms with Crippen molar-refractivity contribution in [2.24, 2.45) is 0 Å². The first kappa shape index (κ1) is 14.7. The van der Waals surface area contributed by atoms with Crippen LogP contribution < -0.4 is 5.32 Å². The number of aryl methyl sites for hydroxylation is 1. The summed E-state index contributed by atoms with van der Waals surface area (Å²) in [6.45, 7) is 3.52. The minimum absolute atomic E-state index is 0.0463. The second kappa shape index (κ2) is 6.17. The normalized spacial score (nSPS) is 11.7. The van der Waals surface area contributed by atoms with Gasteiger partial charge in [0.1, 0.15) is 0 Å². The molecule has 0 spiro atoms. The van der Waals surface area contributed by atoms with Gasteiger partial charge in [0.25, 0.3) is 11.6 Å². The van der Waals surface area contributed by atoms with E-state index in [0.717, 1.165) is 5.56 Å². The summed E-state index contributed by atoms with van der Waals surface area (Å²) < 4.78 is 0. The monoisotopic (exact) mass is 284 g/mol. The molecule has 0 saturated carbocycles. The lowest BCUT2D eigenvalue weighted by Crippen LogP contribution is -2.26. The summed E-state index contributed by atoms with van der Waals surface area (Å²) in [5.41, 5.74) is 1.75. The molecule has 21 heavy (non-hydrogen) atoms. The molecule has 2 aromatic carbocycles. The van der Waals surface area contributed by atoms with Crippen LogP contribution in [0.15, 0.2) is 48.5 Å². The van der Waals surface area contributed by atoms with E-state index in [9.17, 15) is 14.9 Å². The molecule has 5 heteroatoms. The van der Waals surface area contributed by atoms with E-state index in [1.165, 1.54) is 6.07 Å². The van der Waals surface area contributed by atoms with Crippen LogP contribution in [0, 0.1) is 17.0 Å². The molecule has 2 rings (SSSR count). The maximum Gasteiger partial charge on any atom is 0.273 e. The smallest absolute Gasteiger partial charge is 0.273 e. The molecule has 0 aliphatic carbocycles. The van der Waals surface area contributed by atoms with E-state index in [0.29, 0.717) is 5.56 Å². The first-order chi connectivity index (χ1) is 9.99. The molecule has 108 valence electrons. The minimum atomic E-state index is -0.479. The standard InChI is InChI=1S/C16H16N2O3/c1-11-8-9-14(10-15(11)18(20)21)16(19)17-12(2)13-6-4-3-5-7-13/h3-10,12H,1-2H3,(H,17,19)/t12-/m1/s1. The van der Waals surface area contributed by atoms with Crippen molar-refractivity contribution in [1.82, 2.24) is 5.32 Å². The molecule has 0 fully saturated rings. The number of hydrogen-bond donors (Lipinski definition) is 1. The highest BCUT2D eigenvalue weighted by atomic mass is 16.6. The van der Waals surface area contributed by atoms with Crippen LogP contribution in [0.5, 0.6) is 0 Å². The molecule has 0 bridgehead atoms. The summed E-state index contributed by atoms with van der Waals surface area (Å²) in [6.07, 6.45) is 0. The second-order valence-electron chi connectivity index (χ2n) is 4.86. The van der Waals surface area contributed by atoms with Crippen LogP contribution in [-0.4, -0.2) is 10.8 Å². The average Bonchev–Trinajstić information content (AvgIpc) is 2.48. The maximum absolute atomic E-state index is 12.2. The van der Waals surface area contributed by atoms with E-state index in [2.05, 4.69) is 5.32 Å². The van der Waals surface area contributed by atoms with E-state index >= 15 is 0 Å². The topological polar surface area (TPSA) is 72.2 Å². The van der Waals surface area contributed by atoms with Gasteiger partial charge in [0.15, 0.2) is 0 Å². The van der Waals surface area contributed by atoms with Crippen LogP contribution in [0.3, 0.4) is 0 Å². The number of nitro benzene ring substituents is 1. The Morgan fingerprint density at radius 3 is 2.48 bits per heavy atom. The lowest BCUT2D eigenvalue weighted by molar-refractivity contribution is -0.385. The van der Waals surface area contributed by atoms with Gasteiger partial charge >= 0.3 is 0 Å². The number of benzene rings is 2. The van der Waals surface area contributed by atoms with Crippen LogP contribution in [0.2, 0.25) is 0 Å². The van der Waals surface area contributed by atoms with E-state index in [-0.39, 0.29) is 23.2 Å². The van der Waals surface area contributed by atoms with Gasteiger partial charge in [-0.15, -0.1) is 0 Å². The van der Waals surface area contributed by atoms with E-state index in [4.69, 9.17) is 0 Å². The molecule has 0 aromatic heterocycles. The Morgan fingerprint density at radius 2 is 1.86 bits per heavy atom. The Balaban J connectivity index is 2.17. The highest BCUT2D eigenvalue weighted by Gasteiger charge is 2.16. The summed E-state index contributed by atoms with van der Waals surface area (Å²) in [5.74, 6) is -0.325. The third kappa shape index (κ3) is 3.45. The van der Waals surface area contributed by atoms with Crippen LogP contribution in [0.25, 0.3) is 0 Å². The van der Waals surface area contributed by atoms with Crippen molar-refractivity contribution < 1.29 is 9.72 Å². The van der Waals surface area contributed by atoms with E-state index < -0.39 is 4.92 Å². The molecule has 0 radical (unpaired) electrons. The van der Waals surface area contributed by atoms with Crippen molar-refractivity contribution >= 4 is 11.6 Å². The lowest BCUT2D eigenvalue weighted by Gasteiger charge is -2.14. The molecule has 1 N–H and O–H groups in total. The molecule has 0 aliphatic rings. The Kier molecular flexibility index (Phi) is 4.33. The lowest BCUT2D eigenvalue weighted by atomic mass is 10.1. The molecule has 5 nitrogen and oxygen atoms in total. The average molecular weight is 284 g/mol. The third-order valence-corrected chi connectivity index (χ3v) is 3.32. The Labute approximate surface area is 122 Å². The molecule has 0 aliphatic heterocycles. The molecular weight excluding hydrogens is 268 g/mol. The zero-order valence-corrected chi connectivity index (χ0v) is 11.9. The number of amides is 1. The Hall–Kier alpha value is -2.69. The summed E-state index contributed by atoms with van der Waals surface area (Å²) in [6, 6.07) is 13.9. The Morgan fingerprint density at radius 1 is 1.19 bits per heavy atom. The zero-order chi connectivity index (χ0) is 15.4. The fraction of sp³-hybridized carbons (Fsp3) is 0.188. The van der Waals surface area contributed by atoms with Gasteiger partial charge < -0.3 is 5.32 Å². The van der Waals surface area contributed by atoms with Crippen molar-refractivity contribution in [3.05, 3.63) is 75.3 Å². The third-order valence-electron chi connectivity index (χ3n) is 3.32. The SMILES string of the molecule is Cc1ccc(C(=O)N[C@H](C)c2ccccc2)cc1[N+](=O)[O-]. The van der Waals surface area contributed by atoms with Gasteiger partial charge in [-0.1, -0.05) is 36.4 Å². The first-order valence-corrected chi connectivity index (χ1v) is 6.60. The van der Waals surface area contributed by atoms with Crippen molar-refractivity contribution in [2.45, 2.75) is 19.9 Å². The predicted molar refractivity (Wildman–Crippen MR) is 80.2 cm³/mol. The first-order valence-electron chi connectivity index (χ1n) is 6.60. The summed E-state index contributed by atoms with van der Waals surface area (Å²) in [5, 5.41) is 13.8. The number of hydrogen-bond acceptors (Lipinski definition) is 3. The summed E-state index contributed by atoms with van der Waals surface area (Å²) in [4.78, 5) is 22.6. The van der Waals surface area contributed by atoms with Crippen molar-refractivity contribution in [2.75, 3.05) is 0 Å². The van der Waals surface area contributed by atoms with E-state index in [1.54, 1.807) is 19.1 Å². The highest BCUT2D eigenvalue weighted by molar-refractivity contribution is 5.95. The van der Waals surface area contributed by atoms with Crippen molar-refractivity contribution in [3.63, 3.8) is 0 Å². The number of rotatable bonds is 4. The molecular formula is C16H16N2O3. The number of nitrogens with one attached hydrogen (secondary N) is 1. The number of carbonyl (C=O) groups is 1. The number of nitrogens with zero attached hydrogens (tertiary/aromatic N) is 1. The van der Waals surface area contributed by atoms with Gasteiger partial charge in [0.2, 0.25) is 0 Å². The van der Waals surface area contributed by atoms with Crippen molar-refractivity contribution in [1.29, 1.82) is 0 Å². The fourth-order valence-corrected chi connectivity index (χ4v) is 2.05. The second-order valence-corrected chi connectivity index (χ2v) is 4.86. The highest BCUT2D eigenvalue weighted by Crippen LogP contribution is 2.20. The summed E-state index contributed by atoms with van der Waals surface area (Å²) >= 11 is 0. The van der Waals surface area contributed by atoms with Gasteiger partial charge in [-0.25, -0.2) is 0 Å². The molecule has 1 atom stereocenters. The van der Waals surface area contributed by atoms with Gasteiger partial charge in [0.05, 0.1) is 11.0 Å². The van der Waals surface area contributed by atoms with E-state index in [1.807, 2.05) is 37.3 Å². The van der Waals surface area contributed by atoms with Gasteiger partial charge in [-0.2, -0.15) is 0 Å². The summed E-state index contributed by atoms with van der Waals surface area (Å²) in [7, 11) is 0. The van der Waals surface area contributed by atoms with Crippen molar-refractivity contribution in [3.8, 4) is 0 Å². The molecule has 0 saturated heterocycles. The van der Waals surface area contributed by atoms with Crippen LogP contribution in [-0.2, 0) is 0 Å². The Bertz CT molecular complexity index is 668. The number of carbonyl (C=O) groups excluding carboxylic acids is 1. The van der Waals surface area contributed by atoms with Crippen LogP contribution >= 0.6 is 0 Å². The molecule has 0 unspecified atom stereocenters. The maximum atomic E-state index is 12.2. The quantitative estimate of drug-likeness (QED) is 0.691. The fourth-order valence-electron chi connectivity index (χ4n) is 2.05. The largest absolute Gasteiger partial charge is 0.346 e. The minimum Gasteiger partial charge on any atom is -0.346 e. The van der Waals surface area contributed by atoms with Gasteiger partial charge in [0, 0.05) is 17.2 Å². The molecule has 2 aromatic rings. The number of nitro groups is 1. The predicted octanol–water partition coefficient (Wildman–Crippen LogP) is 3.39. The van der Waals surface area contributed by atoms with Gasteiger partial charge in [-0.3, -0.25) is 14.9 Å². The van der Waals surface area contributed by atoms with Gasteiger partial charge in [-0.05, 0) is 25.5 Å².